The molecule has 1 N–H and O–H groups in total. The monoisotopic (exact) mass is 260 g/mol. The van der Waals surface area contributed by atoms with E-state index in [1.165, 1.54) is 43.7 Å². The Balaban J connectivity index is 1.65. The van der Waals surface area contributed by atoms with Crippen molar-refractivity contribution in [3.05, 3.63) is 24.3 Å². The Morgan fingerprint density at radius 2 is 1.53 bits per heavy atom. The molecule has 0 radical (unpaired) electrons. The number of aliphatic hydroxyl groups is 1. The Bertz CT molecular complexity index is 398. The van der Waals surface area contributed by atoms with Crippen LogP contribution in [0.1, 0.15) is 25.7 Å². The molecule has 3 heteroatoms. The molecular formula is C16H24N2O. The molecular weight excluding hydrogens is 236 g/mol. The summed E-state index contributed by atoms with van der Waals surface area (Å²) in [5, 5.41) is 9.21. The van der Waals surface area contributed by atoms with Gasteiger partial charge in [-0.25, -0.2) is 0 Å². The van der Waals surface area contributed by atoms with Crippen molar-refractivity contribution in [3.8, 4) is 0 Å². The second-order valence-electron chi connectivity index (χ2n) is 5.85. The normalized spacial score (nSPS) is 23.9. The zero-order valence-electron chi connectivity index (χ0n) is 11.6. The maximum Gasteiger partial charge on any atom is 0.0476 e. The van der Waals surface area contributed by atoms with Crippen molar-refractivity contribution < 1.29 is 5.11 Å². The summed E-state index contributed by atoms with van der Waals surface area (Å²) in [5.74, 6) is 0.460. The second kappa shape index (κ2) is 5.83. The minimum Gasteiger partial charge on any atom is -0.396 e. The molecule has 3 rings (SSSR count). The van der Waals surface area contributed by atoms with Gasteiger partial charge in [0.1, 0.15) is 0 Å². The van der Waals surface area contributed by atoms with Gasteiger partial charge in [0, 0.05) is 50.1 Å². The highest BCUT2D eigenvalue weighted by atomic mass is 16.3. The fraction of sp³-hybridized carbons (Fsp3) is 0.625. The minimum absolute atomic E-state index is 0.322. The van der Waals surface area contributed by atoms with Crippen molar-refractivity contribution in [2.45, 2.75) is 25.7 Å². The molecule has 0 amide bonds. The van der Waals surface area contributed by atoms with Gasteiger partial charge in [0.25, 0.3) is 0 Å². The average molecular weight is 260 g/mol. The summed E-state index contributed by atoms with van der Waals surface area (Å²) in [6.07, 6.45) is 5.15. The van der Waals surface area contributed by atoms with Crippen LogP contribution in [-0.2, 0) is 0 Å². The molecule has 104 valence electrons. The number of anilines is 2. The molecule has 2 aliphatic rings. The van der Waals surface area contributed by atoms with Gasteiger partial charge >= 0.3 is 0 Å². The standard InChI is InChI=1S/C16H24N2O/c19-13-14-8-11-18(12-14)16-6-4-15(5-7-16)17-9-2-1-3-10-17/h4-7,14,19H,1-3,8-13H2. The predicted molar refractivity (Wildman–Crippen MR) is 79.9 cm³/mol. The molecule has 0 spiro atoms. The van der Waals surface area contributed by atoms with Crippen molar-refractivity contribution in [1.29, 1.82) is 0 Å². The molecule has 1 aromatic carbocycles. The van der Waals surface area contributed by atoms with E-state index in [1.54, 1.807) is 0 Å². The molecule has 1 atom stereocenters. The summed E-state index contributed by atoms with van der Waals surface area (Å²) in [5.41, 5.74) is 2.66. The smallest absolute Gasteiger partial charge is 0.0476 e. The number of piperidine rings is 1. The molecule has 1 unspecified atom stereocenters. The molecule has 3 nitrogen and oxygen atoms in total. The highest BCUT2D eigenvalue weighted by Gasteiger charge is 2.22. The van der Waals surface area contributed by atoms with Crippen molar-refractivity contribution in [3.63, 3.8) is 0 Å². The number of nitrogens with zero attached hydrogens (tertiary/aromatic N) is 2. The van der Waals surface area contributed by atoms with Crippen molar-refractivity contribution >= 4 is 11.4 Å². The molecule has 1 aromatic rings. The van der Waals surface area contributed by atoms with Gasteiger partial charge < -0.3 is 14.9 Å². The zero-order valence-corrected chi connectivity index (χ0v) is 11.6. The topological polar surface area (TPSA) is 26.7 Å². The molecule has 2 heterocycles. The third kappa shape index (κ3) is 2.86. The maximum absolute atomic E-state index is 9.21. The van der Waals surface area contributed by atoms with Gasteiger partial charge in [-0.1, -0.05) is 0 Å². The number of hydrogen-bond donors (Lipinski definition) is 1. The Morgan fingerprint density at radius 3 is 2.11 bits per heavy atom. The van der Waals surface area contributed by atoms with Crippen molar-refractivity contribution in [2.75, 3.05) is 42.6 Å². The highest BCUT2D eigenvalue weighted by molar-refractivity contribution is 5.57. The van der Waals surface area contributed by atoms with E-state index in [9.17, 15) is 5.11 Å². The summed E-state index contributed by atoms with van der Waals surface area (Å²) < 4.78 is 0. The number of benzene rings is 1. The molecule has 2 saturated heterocycles. The summed E-state index contributed by atoms with van der Waals surface area (Å²) in [6.45, 7) is 4.81. The maximum atomic E-state index is 9.21. The Morgan fingerprint density at radius 1 is 0.895 bits per heavy atom. The van der Waals surface area contributed by atoms with Gasteiger partial charge in [0.2, 0.25) is 0 Å². The van der Waals surface area contributed by atoms with Crippen LogP contribution in [0.4, 0.5) is 11.4 Å². The van der Waals surface area contributed by atoms with E-state index in [1.807, 2.05) is 0 Å². The molecule has 0 bridgehead atoms. The molecule has 0 aliphatic carbocycles. The largest absolute Gasteiger partial charge is 0.396 e. The predicted octanol–water partition coefficient (Wildman–Crippen LogP) is 2.50. The lowest BCUT2D eigenvalue weighted by molar-refractivity contribution is 0.238. The van der Waals surface area contributed by atoms with Crippen molar-refractivity contribution in [1.82, 2.24) is 0 Å². The van der Waals surface area contributed by atoms with E-state index in [2.05, 4.69) is 34.1 Å². The fourth-order valence-electron chi connectivity index (χ4n) is 3.24. The number of hydrogen-bond acceptors (Lipinski definition) is 3. The first-order valence-electron chi connectivity index (χ1n) is 7.57. The van der Waals surface area contributed by atoms with Crippen LogP contribution in [0.15, 0.2) is 24.3 Å². The van der Waals surface area contributed by atoms with E-state index >= 15 is 0 Å². The van der Waals surface area contributed by atoms with E-state index in [0.29, 0.717) is 12.5 Å². The lowest BCUT2D eigenvalue weighted by Crippen LogP contribution is -2.29. The summed E-state index contributed by atoms with van der Waals surface area (Å²) in [6, 6.07) is 8.99. The molecule has 0 saturated carbocycles. The molecule has 0 aromatic heterocycles. The fourth-order valence-corrected chi connectivity index (χ4v) is 3.24. The van der Waals surface area contributed by atoms with E-state index in [-0.39, 0.29) is 0 Å². The molecule has 2 fully saturated rings. The van der Waals surface area contributed by atoms with Crippen LogP contribution in [0.5, 0.6) is 0 Å². The van der Waals surface area contributed by atoms with Gasteiger partial charge in [-0.15, -0.1) is 0 Å². The summed E-state index contributed by atoms with van der Waals surface area (Å²) in [7, 11) is 0. The lowest BCUT2D eigenvalue weighted by Gasteiger charge is -2.29. The Labute approximate surface area is 115 Å². The van der Waals surface area contributed by atoms with Gasteiger partial charge in [0.15, 0.2) is 0 Å². The first kappa shape index (κ1) is 12.8. The third-order valence-electron chi connectivity index (χ3n) is 4.48. The van der Waals surface area contributed by atoms with Gasteiger partial charge in [0.05, 0.1) is 0 Å². The minimum atomic E-state index is 0.322. The molecule has 19 heavy (non-hydrogen) atoms. The zero-order chi connectivity index (χ0) is 13.1. The highest BCUT2D eigenvalue weighted by Crippen LogP contribution is 2.27. The van der Waals surface area contributed by atoms with Crippen LogP contribution in [-0.4, -0.2) is 37.9 Å². The number of rotatable bonds is 3. The van der Waals surface area contributed by atoms with Crippen LogP contribution < -0.4 is 9.80 Å². The van der Waals surface area contributed by atoms with Gasteiger partial charge in [-0.3, -0.25) is 0 Å². The SMILES string of the molecule is OCC1CCN(c2ccc(N3CCCCC3)cc2)C1. The van der Waals surface area contributed by atoms with Crippen LogP contribution in [0.3, 0.4) is 0 Å². The Hall–Kier alpha value is -1.22. The van der Waals surface area contributed by atoms with E-state index < -0.39 is 0 Å². The van der Waals surface area contributed by atoms with E-state index in [0.717, 1.165) is 19.5 Å². The Kier molecular flexibility index (Phi) is 3.92. The third-order valence-corrected chi connectivity index (χ3v) is 4.48. The number of aliphatic hydroxyl groups excluding tert-OH is 1. The average Bonchev–Trinajstić information content (AvgIpc) is 2.97. The second-order valence-corrected chi connectivity index (χ2v) is 5.85. The van der Waals surface area contributed by atoms with Crippen LogP contribution in [0.25, 0.3) is 0 Å². The first-order valence-corrected chi connectivity index (χ1v) is 7.57. The van der Waals surface area contributed by atoms with Crippen LogP contribution >= 0.6 is 0 Å². The van der Waals surface area contributed by atoms with Crippen molar-refractivity contribution in [2.24, 2.45) is 5.92 Å². The lowest BCUT2D eigenvalue weighted by atomic mass is 10.1. The van der Waals surface area contributed by atoms with Crippen LogP contribution in [0.2, 0.25) is 0 Å². The summed E-state index contributed by atoms with van der Waals surface area (Å²) >= 11 is 0. The summed E-state index contributed by atoms with van der Waals surface area (Å²) in [4.78, 5) is 4.88. The van der Waals surface area contributed by atoms with Gasteiger partial charge in [-0.05, 0) is 49.9 Å². The van der Waals surface area contributed by atoms with Crippen LogP contribution in [0, 0.1) is 5.92 Å². The first-order chi connectivity index (χ1) is 9.36. The van der Waals surface area contributed by atoms with Gasteiger partial charge in [-0.2, -0.15) is 0 Å². The quantitative estimate of drug-likeness (QED) is 0.904. The molecule has 2 aliphatic heterocycles. The van der Waals surface area contributed by atoms with E-state index in [4.69, 9.17) is 0 Å².